The number of pyridine rings is 1. The van der Waals surface area contributed by atoms with Crippen LogP contribution in [0.15, 0.2) is 18.5 Å². The second-order valence-electron chi connectivity index (χ2n) is 4.93. The number of amides is 1. The summed E-state index contributed by atoms with van der Waals surface area (Å²) in [6, 6.07) is 2.50. The van der Waals surface area contributed by atoms with Crippen molar-refractivity contribution in [2.24, 2.45) is 0 Å². The second-order valence-corrected chi connectivity index (χ2v) is 4.93. The predicted molar refractivity (Wildman–Crippen MR) is 68.0 cm³/mol. The molecule has 0 radical (unpaired) electrons. The second kappa shape index (κ2) is 4.73. The van der Waals surface area contributed by atoms with Gasteiger partial charge in [-0.2, -0.15) is 0 Å². The smallest absolute Gasteiger partial charge is 0.219 e. The molecule has 1 aliphatic heterocycles. The van der Waals surface area contributed by atoms with Gasteiger partial charge in [0.25, 0.3) is 0 Å². The molecule has 17 heavy (non-hydrogen) atoms. The molecule has 4 nitrogen and oxygen atoms in total. The van der Waals surface area contributed by atoms with Gasteiger partial charge in [-0.3, -0.25) is 9.78 Å². The number of likely N-dealkylation sites (tertiary alicyclic amines) is 1. The number of aromatic nitrogens is 1. The van der Waals surface area contributed by atoms with E-state index in [1.807, 2.05) is 17.3 Å². The molecule has 0 aliphatic carbocycles. The third kappa shape index (κ3) is 2.75. The van der Waals surface area contributed by atoms with Crippen LogP contribution in [0.4, 0.5) is 5.69 Å². The molecule has 1 aromatic rings. The van der Waals surface area contributed by atoms with E-state index >= 15 is 0 Å². The molecular formula is C13H19N3O. The fraction of sp³-hybridized carbons (Fsp3) is 0.538. The van der Waals surface area contributed by atoms with Gasteiger partial charge >= 0.3 is 0 Å². The van der Waals surface area contributed by atoms with Crippen molar-refractivity contribution in [3.05, 3.63) is 24.0 Å². The Kier molecular flexibility index (Phi) is 3.31. The lowest BCUT2D eigenvalue weighted by Gasteiger charge is -2.39. The maximum absolute atomic E-state index is 11.1. The molecule has 1 N–H and O–H groups in total. The zero-order chi connectivity index (χ0) is 12.4. The Balaban J connectivity index is 1.92. The molecule has 0 aromatic carbocycles. The SMILES string of the molecule is CC(=O)N1CC(Nc2cncc(C(C)C)c2)C1. The van der Waals surface area contributed by atoms with Crippen LogP contribution in [0.1, 0.15) is 32.3 Å². The van der Waals surface area contributed by atoms with Crippen LogP contribution in [0.5, 0.6) is 0 Å². The first kappa shape index (κ1) is 11.9. The third-order valence-corrected chi connectivity index (χ3v) is 3.12. The Morgan fingerprint density at radius 3 is 2.76 bits per heavy atom. The van der Waals surface area contributed by atoms with Crippen LogP contribution in [0, 0.1) is 0 Å². The number of rotatable bonds is 3. The van der Waals surface area contributed by atoms with Gasteiger partial charge in [0.15, 0.2) is 0 Å². The first-order valence-corrected chi connectivity index (χ1v) is 6.03. The highest BCUT2D eigenvalue weighted by Crippen LogP contribution is 2.19. The van der Waals surface area contributed by atoms with Crippen LogP contribution in [-0.4, -0.2) is 34.9 Å². The van der Waals surface area contributed by atoms with E-state index in [9.17, 15) is 4.79 Å². The lowest BCUT2D eigenvalue weighted by molar-refractivity contribution is -0.132. The summed E-state index contributed by atoms with van der Waals surface area (Å²) in [5, 5.41) is 3.40. The maximum atomic E-state index is 11.1. The molecule has 1 saturated heterocycles. The molecule has 1 aromatic heterocycles. The zero-order valence-electron chi connectivity index (χ0n) is 10.6. The van der Waals surface area contributed by atoms with Gasteiger partial charge in [0.05, 0.1) is 11.7 Å². The monoisotopic (exact) mass is 233 g/mol. The number of carbonyl (C=O) groups is 1. The summed E-state index contributed by atoms with van der Waals surface area (Å²) in [4.78, 5) is 17.1. The molecule has 2 rings (SSSR count). The normalized spacial score (nSPS) is 15.9. The van der Waals surface area contributed by atoms with Crippen LogP contribution in [0.3, 0.4) is 0 Å². The highest BCUT2D eigenvalue weighted by molar-refractivity contribution is 5.74. The van der Waals surface area contributed by atoms with Gasteiger partial charge in [0.1, 0.15) is 0 Å². The van der Waals surface area contributed by atoms with Crippen molar-refractivity contribution in [3.63, 3.8) is 0 Å². The molecule has 4 heteroatoms. The van der Waals surface area contributed by atoms with Crippen molar-refractivity contribution in [2.75, 3.05) is 18.4 Å². The maximum Gasteiger partial charge on any atom is 0.219 e. The predicted octanol–water partition coefficient (Wildman–Crippen LogP) is 1.85. The molecular weight excluding hydrogens is 214 g/mol. The molecule has 1 amide bonds. The summed E-state index contributed by atoms with van der Waals surface area (Å²) in [6.45, 7) is 7.50. The van der Waals surface area contributed by atoms with E-state index in [0.717, 1.165) is 18.8 Å². The first-order chi connectivity index (χ1) is 8.06. The number of anilines is 1. The van der Waals surface area contributed by atoms with E-state index in [1.165, 1.54) is 5.56 Å². The van der Waals surface area contributed by atoms with Crippen LogP contribution < -0.4 is 5.32 Å². The largest absolute Gasteiger partial charge is 0.377 e. The number of carbonyl (C=O) groups excluding carboxylic acids is 1. The van der Waals surface area contributed by atoms with E-state index < -0.39 is 0 Å². The number of nitrogens with one attached hydrogen (secondary N) is 1. The topological polar surface area (TPSA) is 45.2 Å². The lowest BCUT2D eigenvalue weighted by atomic mass is 10.0. The van der Waals surface area contributed by atoms with E-state index in [1.54, 1.807) is 6.92 Å². The molecule has 0 bridgehead atoms. The summed E-state index contributed by atoms with van der Waals surface area (Å²) in [6.07, 6.45) is 3.74. The van der Waals surface area contributed by atoms with E-state index in [0.29, 0.717) is 12.0 Å². The highest BCUT2D eigenvalue weighted by atomic mass is 16.2. The van der Waals surface area contributed by atoms with Gasteiger partial charge in [0, 0.05) is 32.4 Å². The van der Waals surface area contributed by atoms with Gasteiger partial charge in [-0.1, -0.05) is 13.8 Å². The number of nitrogens with zero attached hydrogens (tertiary/aromatic N) is 2. The third-order valence-electron chi connectivity index (χ3n) is 3.12. The quantitative estimate of drug-likeness (QED) is 0.866. The molecule has 0 atom stereocenters. The molecule has 0 spiro atoms. The average molecular weight is 233 g/mol. The zero-order valence-corrected chi connectivity index (χ0v) is 10.6. The minimum Gasteiger partial charge on any atom is -0.377 e. The molecule has 0 unspecified atom stereocenters. The lowest BCUT2D eigenvalue weighted by Crippen LogP contribution is -2.56. The van der Waals surface area contributed by atoms with Crippen molar-refractivity contribution >= 4 is 11.6 Å². The Morgan fingerprint density at radius 2 is 2.18 bits per heavy atom. The fourth-order valence-electron chi connectivity index (χ4n) is 1.92. The number of hydrogen-bond donors (Lipinski definition) is 1. The summed E-state index contributed by atoms with van der Waals surface area (Å²) in [5.74, 6) is 0.636. The van der Waals surface area contributed by atoms with Gasteiger partial charge < -0.3 is 10.2 Å². The average Bonchev–Trinajstić information content (AvgIpc) is 2.22. The van der Waals surface area contributed by atoms with Crippen molar-refractivity contribution in [3.8, 4) is 0 Å². The summed E-state index contributed by atoms with van der Waals surface area (Å²) >= 11 is 0. The van der Waals surface area contributed by atoms with Gasteiger partial charge in [0.2, 0.25) is 5.91 Å². The van der Waals surface area contributed by atoms with Gasteiger partial charge in [-0.25, -0.2) is 0 Å². The Labute approximate surface area is 102 Å². The van der Waals surface area contributed by atoms with Crippen LogP contribution in [0.2, 0.25) is 0 Å². The molecule has 1 aliphatic rings. The summed E-state index contributed by atoms with van der Waals surface area (Å²) in [5.41, 5.74) is 2.28. The molecule has 92 valence electrons. The van der Waals surface area contributed by atoms with Crippen LogP contribution in [0.25, 0.3) is 0 Å². The van der Waals surface area contributed by atoms with E-state index in [2.05, 4.69) is 30.2 Å². The van der Waals surface area contributed by atoms with E-state index in [4.69, 9.17) is 0 Å². The molecule has 0 saturated carbocycles. The standard InChI is InChI=1S/C13H19N3O/c1-9(2)11-4-12(6-14-5-11)15-13-7-16(8-13)10(3)17/h4-6,9,13,15H,7-8H2,1-3H3. The summed E-state index contributed by atoms with van der Waals surface area (Å²) in [7, 11) is 0. The van der Waals surface area contributed by atoms with Crippen molar-refractivity contribution in [2.45, 2.75) is 32.7 Å². The Hall–Kier alpha value is -1.58. The molecule has 2 heterocycles. The summed E-state index contributed by atoms with van der Waals surface area (Å²) < 4.78 is 0. The van der Waals surface area contributed by atoms with Crippen molar-refractivity contribution in [1.29, 1.82) is 0 Å². The molecule has 1 fully saturated rings. The van der Waals surface area contributed by atoms with Crippen molar-refractivity contribution in [1.82, 2.24) is 9.88 Å². The minimum atomic E-state index is 0.150. The van der Waals surface area contributed by atoms with Crippen LogP contribution in [-0.2, 0) is 4.79 Å². The Morgan fingerprint density at radius 1 is 1.47 bits per heavy atom. The fourth-order valence-corrected chi connectivity index (χ4v) is 1.92. The van der Waals surface area contributed by atoms with Gasteiger partial charge in [-0.05, 0) is 17.5 Å². The minimum absolute atomic E-state index is 0.150. The van der Waals surface area contributed by atoms with E-state index in [-0.39, 0.29) is 5.91 Å². The first-order valence-electron chi connectivity index (χ1n) is 6.03. The van der Waals surface area contributed by atoms with Gasteiger partial charge in [-0.15, -0.1) is 0 Å². The number of hydrogen-bond acceptors (Lipinski definition) is 3. The highest BCUT2D eigenvalue weighted by Gasteiger charge is 2.28. The van der Waals surface area contributed by atoms with Crippen LogP contribution >= 0.6 is 0 Å². The Bertz CT molecular complexity index is 411. The van der Waals surface area contributed by atoms with Crippen molar-refractivity contribution < 1.29 is 4.79 Å².